The van der Waals surface area contributed by atoms with Gasteiger partial charge in [0.15, 0.2) is 9.84 Å². The molecule has 0 radical (unpaired) electrons. The van der Waals surface area contributed by atoms with Crippen molar-refractivity contribution in [1.82, 2.24) is 5.32 Å². The summed E-state index contributed by atoms with van der Waals surface area (Å²) < 4.78 is 33.2. The average molecular weight is 327 g/mol. The van der Waals surface area contributed by atoms with Crippen molar-refractivity contribution in [3.05, 3.63) is 23.8 Å². The summed E-state index contributed by atoms with van der Waals surface area (Å²) in [7, 11) is 0.181. The van der Waals surface area contributed by atoms with Crippen LogP contribution in [0.1, 0.15) is 18.4 Å². The van der Waals surface area contributed by atoms with E-state index in [0.717, 1.165) is 5.56 Å². The first-order valence-electron chi connectivity index (χ1n) is 7.14. The van der Waals surface area contributed by atoms with Crippen LogP contribution in [0.5, 0.6) is 11.5 Å². The third-order valence-corrected chi connectivity index (χ3v) is 5.47. The molecule has 122 valence electrons. The highest BCUT2D eigenvalue weighted by Gasteiger charge is 2.28. The number of ether oxygens (including phenoxy) is 2. The molecule has 1 atom stereocenters. The Kier molecular flexibility index (Phi) is 5.28. The molecule has 0 saturated carbocycles. The van der Waals surface area contributed by atoms with Crippen LogP contribution in [0, 0.1) is 0 Å². The van der Waals surface area contributed by atoms with E-state index < -0.39 is 9.84 Å². The molecule has 1 heterocycles. The molecule has 7 heteroatoms. The maximum atomic E-state index is 12.0. The number of carbonyl (C=O) groups excluding carboxylic acids is 1. The van der Waals surface area contributed by atoms with E-state index >= 15 is 0 Å². The van der Waals surface area contributed by atoms with Crippen LogP contribution in [0.3, 0.4) is 0 Å². The molecule has 2 rings (SSSR count). The van der Waals surface area contributed by atoms with Crippen LogP contribution in [0.4, 0.5) is 0 Å². The van der Waals surface area contributed by atoms with Gasteiger partial charge in [0.05, 0.1) is 25.7 Å². The summed E-state index contributed by atoms with van der Waals surface area (Å²) in [6, 6.07) is 5.18. The van der Waals surface area contributed by atoms with Gasteiger partial charge in [0.25, 0.3) is 0 Å². The number of hydrogen-bond acceptors (Lipinski definition) is 5. The molecule has 1 N–H and O–H groups in total. The highest BCUT2D eigenvalue weighted by Crippen LogP contribution is 2.25. The summed E-state index contributed by atoms with van der Waals surface area (Å²) in [5.74, 6) is 1.46. The summed E-state index contributed by atoms with van der Waals surface area (Å²) in [5, 5.41) is 2.78. The van der Waals surface area contributed by atoms with Gasteiger partial charge in [-0.3, -0.25) is 4.79 Å². The number of aryl methyl sites for hydroxylation is 1. The number of hydrogen-bond donors (Lipinski definition) is 1. The zero-order valence-corrected chi connectivity index (χ0v) is 13.6. The van der Waals surface area contributed by atoms with Crippen LogP contribution in [-0.4, -0.2) is 46.1 Å². The van der Waals surface area contributed by atoms with E-state index in [1.54, 1.807) is 26.4 Å². The van der Waals surface area contributed by atoms with E-state index in [9.17, 15) is 13.2 Å². The minimum Gasteiger partial charge on any atom is -0.497 e. The van der Waals surface area contributed by atoms with Crippen molar-refractivity contribution in [2.24, 2.45) is 0 Å². The second-order valence-corrected chi connectivity index (χ2v) is 7.57. The Bertz CT molecular complexity index is 641. The second-order valence-electron chi connectivity index (χ2n) is 5.35. The quantitative estimate of drug-likeness (QED) is 0.841. The lowest BCUT2D eigenvalue weighted by Gasteiger charge is -2.12. The van der Waals surface area contributed by atoms with Gasteiger partial charge in [0.1, 0.15) is 11.5 Å². The Balaban J connectivity index is 1.91. The number of benzene rings is 1. The maximum Gasteiger partial charge on any atom is 0.220 e. The van der Waals surface area contributed by atoms with Gasteiger partial charge in [-0.25, -0.2) is 8.42 Å². The molecule has 6 nitrogen and oxygen atoms in total. The van der Waals surface area contributed by atoms with E-state index in [2.05, 4.69) is 5.32 Å². The molecule has 1 aromatic rings. The van der Waals surface area contributed by atoms with Crippen LogP contribution in [-0.2, 0) is 21.1 Å². The fourth-order valence-electron chi connectivity index (χ4n) is 2.53. The van der Waals surface area contributed by atoms with Gasteiger partial charge in [-0.15, -0.1) is 0 Å². The molecule has 1 aliphatic heterocycles. The van der Waals surface area contributed by atoms with Crippen molar-refractivity contribution in [1.29, 1.82) is 0 Å². The van der Waals surface area contributed by atoms with Crippen molar-refractivity contribution in [2.75, 3.05) is 25.7 Å². The minimum atomic E-state index is -2.98. The largest absolute Gasteiger partial charge is 0.497 e. The molecule has 0 aliphatic carbocycles. The first-order valence-corrected chi connectivity index (χ1v) is 8.96. The number of sulfone groups is 1. The first-order chi connectivity index (χ1) is 10.4. The molecule has 1 amide bonds. The monoisotopic (exact) mass is 327 g/mol. The lowest BCUT2D eigenvalue weighted by Crippen LogP contribution is -2.35. The first kappa shape index (κ1) is 16.6. The van der Waals surface area contributed by atoms with Crippen molar-refractivity contribution in [3.63, 3.8) is 0 Å². The topological polar surface area (TPSA) is 81.7 Å². The highest BCUT2D eigenvalue weighted by molar-refractivity contribution is 7.91. The van der Waals surface area contributed by atoms with Crippen molar-refractivity contribution >= 4 is 15.7 Å². The zero-order chi connectivity index (χ0) is 16.2. The minimum absolute atomic E-state index is 0.0429. The lowest BCUT2D eigenvalue weighted by molar-refractivity contribution is -0.121. The predicted molar refractivity (Wildman–Crippen MR) is 83.1 cm³/mol. The third-order valence-electron chi connectivity index (χ3n) is 3.71. The highest BCUT2D eigenvalue weighted by atomic mass is 32.2. The molecule has 1 unspecified atom stereocenters. The molecule has 0 bridgehead atoms. The van der Waals surface area contributed by atoms with Gasteiger partial charge >= 0.3 is 0 Å². The predicted octanol–water partition coefficient (Wildman–Crippen LogP) is 0.940. The van der Waals surface area contributed by atoms with Crippen LogP contribution < -0.4 is 14.8 Å². The van der Waals surface area contributed by atoms with E-state index in [0.29, 0.717) is 24.3 Å². The SMILES string of the molecule is COc1ccc(OC)c(CCC(=O)NC2CCS(=O)(=O)C2)c1. The summed E-state index contributed by atoms with van der Waals surface area (Å²) >= 11 is 0. The second kappa shape index (κ2) is 7.00. The molecule has 1 aliphatic rings. The Morgan fingerprint density at radius 1 is 1.32 bits per heavy atom. The Morgan fingerprint density at radius 3 is 2.68 bits per heavy atom. The van der Waals surface area contributed by atoms with E-state index in [4.69, 9.17) is 9.47 Å². The summed E-state index contributed by atoms with van der Waals surface area (Å²) in [5.41, 5.74) is 0.885. The van der Waals surface area contributed by atoms with Crippen molar-refractivity contribution in [3.8, 4) is 11.5 Å². The summed E-state index contributed by atoms with van der Waals surface area (Å²) in [6.45, 7) is 0. The van der Waals surface area contributed by atoms with Crippen LogP contribution in [0.15, 0.2) is 18.2 Å². The van der Waals surface area contributed by atoms with Gasteiger partial charge < -0.3 is 14.8 Å². The number of methoxy groups -OCH3 is 2. The average Bonchev–Trinajstić information content (AvgIpc) is 2.83. The Labute approximate surface area is 130 Å². The molecule has 0 aromatic heterocycles. The summed E-state index contributed by atoms with van der Waals surface area (Å²) in [6.07, 6.45) is 1.28. The standard InChI is InChI=1S/C15H21NO5S/c1-20-13-4-5-14(21-2)11(9-13)3-6-15(17)16-12-7-8-22(18,19)10-12/h4-5,9,12H,3,6-8,10H2,1-2H3,(H,16,17). The molecule has 1 fully saturated rings. The maximum absolute atomic E-state index is 12.0. The number of nitrogens with one attached hydrogen (secondary N) is 1. The molecule has 22 heavy (non-hydrogen) atoms. The third kappa shape index (κ3) is 4.37. The molecule has 1 saturated heterocycles. The smallest absolute Gasteiger partial charge is 0.220 e. The fraction of sp³-hybridized carbons (Fsp3) is 0.533. The number of rotatable bonds is 6. The molecular weight excluding hydrogens is 306 g/mol. The zero-order valence-electron chi connectivity index (χ0n) is 12.8. The van der Waals surface area contributed by atoms with E-state index in [1.807, 2.05) is 6.07 Å². The van der Waals surface area contributed by atoms with Gasteiger partial charge in [-0.05, 0) is 36.6 Å². The lowest BCUT2D eigenvalue weighted by atomic mass is 10.1. The van der Waals surface area contributed by atoms with Crippen LogP contribution >= 0.6 is 0 Å². The van der Waals surface area contributed by atoms with Crippen LogP contribution in [0.2, 0.25) is 0 Å². The van der Waals surface area contributed by atoms with Crippen molar-refractivity contribution < 1.29 is 22.7 Å². The number of carbonyl (C=O) groups is 1. The Morgan fingerprint density at radius 2 is 2.09 bits per heavy atom. The molecular formula is C15H21NO5S. The Hall–Kier alpha value is -1.76. The van der Waals surface area contributed by atoms with Gasteiger partial charge in [0.2, 0.25) is 5.91 Å². The van der Waals surface area contributed by atoms with Crippen molar-refractivity contribution in [2.45, 2.75) is 25.3 Å². The van der Waals surface area contributed by atoms with Gasteiger partial charge in [-0.1, -0.05) is 0 Å². The number of amides is 1. The van der Waals surface area contributed by atoms with E-state index in [1.165, 1.54) is 0 Å². The van der Waals surface area contributed by atoms with Gasteiger partial charge in [-0.2, -0.15) is 0 Å². The van der Waals surface area contributed by atoms with Gasteiger partial charge in [0, 0.05) is 12.5 Å². The molecule has 0 spiro atoms. The summed E-state index contributed by atoms with van der Waals surface area (Å²) in [4.78, 5) is 12.0. The normalized spacial score (nSPS) is 19.6. The molecule has 1 aromatic carbocycles. The van der Waals surface area contributed by atoms with E-state index in [-0.39, 0.29) is 29.9 Å². The fourth-order valence-corrected chi connectivity index (χ4v) is 4.21. The van der Waals surface area contributed by atoms with Crippen LogP contribution in [0.25, 0.3) is 0 Å².